The van der Waals surface area contributed by atoms with E-state index in [9.17, 15) is 4.79 Å². The van der Waals surface area contributed by atoms with E-state index in [0.717, 1.165) is 37.4 Å². The molecule has 1 aliphatic rings. The van der Waals surface area contributed by atoms with E-state index >= 15 is 0 Å². The van der Waals surface area contributed by atoms with E-state index in [1.54, 1.807) is 19.2 Å². The van der Waals surface area contributed by atoms with Gasteiger partial charge in [-0.15, -0.1) is 5.10 Å². The van der Waals surface area contributed by atoms with Crippen molar-refractivity contribution in [2.45, 2.75) is 31.4 Å². The van der Waals surface area contributed by atoms with Crippen molar-refractivity contribution in [3.05, 3.63) is 77.6 Å². The molecule has 1 N–H and O–H groups in total. The van der Waals surface area contributed by atoms with Crippen LogP contribution >= 0.6 is 0 Å². The molecule has 156 valence electrons. The van der Waals surface area contributed by atoms with Crippen molar-refractivity contribution < 1.29 is 14.3 Å². The van der Waals surface area contributed by atoms with Crippen LogP contribution in [0, 0.1) is 0 Å². The van der Waals surface area contributed by atoms with E-state index in [-0.39, 0.29) is 18.0 Å². The second-order valence-corrected chi connectivity index (χ2v) is 7.41. The maximum Gasteiger partial charge on any atom is 0.338 e. The molecular formula is C23H26N4O3. The number of benzene rings is 2. The van der Waals surface area contributed by atoms with E-state index in [4.69, 9.17) is 9.47 Å². The smallest absolute Gasteiger partial charge is 0.338 e. The van der Waals surface area contributed by atoms with E-state index in [1.807, 2.05) is 41.2 Å². The SMILES string of the molecule is COc1ccc(CCn2cc([C@H]3CCNC[C@@H]3OC(=O)c3ccccc3)nn2)cc1. The fraction of sp³-hybridized carbons (Fsp3) is 0.348. The highest BCUT2D eigenvalue weighted by Gasteiger charge is 2.32. The Morgan fingerprint density at radius 3 is 2.73 bits per heavy atom. The summed E-state index contributed by atoms with van der Waals surface area (Å²) in [6.45, 7) is 2.21. The van der Waals surface area contributed by atoms with Crippen molar-refractivity contribution >= 4 is 5.97 Å². The van der Waals surface area contributed by atoms with Crippen LogP contribution in [-0.4, -0.2) is 47.3 Å². The van der Waals surface area contributed by atoms with Gasteiger partial charge in [-0.25, -0.2) is 4.79 Å². The number of hydrogen-bond acceptors (Lipinski definition) is 6. The largest absolute Gasteiger partial charge is 0.497 e. The number of nitrogens with zero attached hydrogens (tertiary/aromatic N) is 3. The summed E-state index contributed by atoms with van der Waals surface area (Å²) in [7, 11) is 1.66. The first-order chi connectivity index (χ1) is 14.7. The molecular weight excluding hydrogens is 380 g/mol. The molecule has 0 radical (unpaired) electrons. The molecule has 3 aromatic rings. The molecule has 1 saturated heterocycles. The van der Waals surface area contributed by atoms with Gasteiger partial charge in [0.25, 0.3) is 0 Å². The minimum Gasteiger partial charge on any atom is -0.497 e. The van der Waals surface area contributed by atoms with Crippen molar-refractivity contribution in [2.24, 2.45) is 0 Å². The maximum atomic E-state index is 12.5. The molecule has 0 saturated carbocycles. The molecule has 0 aliphatic carbocycles. The molecule has 4 rings (SSSR count). The highest BCUT2D eigenvalue weighted by atomic mass is 16.5. The molecule has 7 heteroatoms. The topological polar surface area (TPSA) is 78.3 Å². The molecule has 2 aromatic carbocycles. The van der Waals surface area contributed by atoms with E-state index < -0.39 is 0 Å². The van der Waals surface area contributed by atoms with Gasteiger partial charge in [-0.3, -0.25) is 4.68 Å². The van der Waals surface area contributed by atoms with Gasteiger partial charge in [0.15, 0.2) is 0 Å². The Kier molecular flexibility index (Phi) is 6.39. The maximum absolute atomic E-state index is 12.5. The predicted octanol–water partition coefficient (Wildman–Crippen LogP) is 2.83. The molecule has 1 aliphatic heterocycles. The van der Waals surface area contributed by atoms with E-state index in [1.165, 1.54) is 5.56 Å². The molecule has 0 amide bonds. The summed E-state index contributed by atoms with van der Waals surface area (Å²) in [6.07, 6.45) is 3.41. The zero-order chi connectivity index (χ0) is 20.8. The average molecular weight is 406 g/mol. The van der Waals surface area contributed by atoms with Gasteiger partial charge in [0.05, 0.1) is 18.4 Å². The number of hydrogen-bond donors (Lipinski definition) is 1. The summed E-state index contributed by atoms with van der Waals surface area (Å²) in [5, 5.41) is 12.0. The third-order valence-electron chi connectivity index (χ3n) is 5.42. The number of aromatic nitrogens is 3. The summed E-state index contributed by atoms with van der Waals surface area (Å²) in [4.78, 5) is 12.5. The average Bonchev–Trinajstić information content (AvgIpc) is 3.28. The Balaban J connectivity index is 1.39. The van der Waals surface area contributed by atoms with Crippen LogP contribution in [-0.2, 0) is 17.7 Å². The highest BCUT2D eigenvalue weighted by Crippen LogP contribution is 2.27. The van der Waals surface area contributed by atoms with Gasteiger partial charge in [0, 0.05) is 25.2 Å². The quantitative estimate of drug-likeness (QED) is 0.608. The van der Waals surface area contributed by atoms with Crippen LogP contribution < -0.4 is 10.1 Å². The van der Waals surface area contributed by atoms with Crippen molar-refractivity contribution in [2.75, 3.05) is 20.2 Å². The van der Waals surface area contributed by atoms with Gasteiger partial charge < -0.3 is 14.8 Å². The van der Waals surface area contributed by atoms with Crippen LogP contribution in [0.2, 0.25) is 0 Å². The number of carbonyl (C=O) groups excluding carboxylic acids is 1. The van der Waals surface area contributed by atoms with Crippen LogP contribution in [0.25, 0.3) is 0 Å². The van der Waals surface area contributed by atoms with Gasteiger partial charge in [-0.05, 0) is 49.2 Å². The number of nitrogens with one attached hydrogen (secondary N) is 1. The first-order valence-corrected chi connectivity index (χ1v) is 10.2. The summed E-state index contributed by atoms with van der Waals surface area (Å²) < 4.78 is 12.9. The first kappa shape index (κ1) is 20.1. The van der Waals surface area contributed by atoms with Crippen LogP contribution in [0.1, 0.15) is 34.0 Å². The van der Waals surface area contributed by atoms with E-state index in [2.05, 4.69) is 27.8 Å². The molecule has 0 bridgehead atoms. The molecule has 1 aromatic heterocycles. The predicted molar refractivity (Wildman–Crippen MR) is 113 cm³/mol. The van der Waals surface area contributed by atoms with Crippen LogP contribution in [0.3, 0.4) is 0 Å². The third-order valence-corrected chi connectivity index (χ3v) is 5.42. The monoisotopic (exact) mass is 406 g/mol. The lowest BCUT2D eigenvalue weighted by molar-refractivity contribution is 0.0178. The number of methoxy groups -OCH3 is 1. The molecule has 0 unspecified atom stereocenters. The molecule has 0 spiro atoms. The Morgan fingerprint density at radius 1 is 1.17 bits per heavy atom. The van der Waals surface area contributed by atoms with Crippen molar-refractivity contribution in [1.82, 2.24) is 20.3 Å². The summed E-state index contributed by atoms with van der Waals surface area (Å²) in [6, 6.07) is 17.1. The molecule has 1 fully saturated rings. The van der Waals surface area contributed by atoms with Crippen molar-refractivity contribution in [3.8, 4) is 5.75 Å². The molecule has 2 heterocycles. The third kappa shape index (κ3) is 4.86. The second kappa shape index (κ2) is 9.54. The van der Waals surface area contributed by atoms with Gasteiger partial charge >= 0.3 is 5.97 Å². The Hall–Kier alpha value is -3.19. The lowest BCUT2D eigenvalue weighted by atomic mass is 9.92. The fourth-order valence-electron chi connectivity index (χ4n) is 3.70. The van der Waals surface area contributed by atoms with E-state index in [0.29, 0.717) is 12.1 Å². The number of rotatable bonds is 7. The number of aryl methyl sites for hydroxylation is 2. The lowest BCUT2D eigenvalue weighted by Crippen LogP contribution is -2.42. The lowest BCUT2D eigenvalue weighted by Gasteiger charge is -2.30. The Labute approximate surface area is 176 Å². The minimum absolute atomic E-state index is 0.0358. The zero-order valence-corrected chi connectivity index (χ0v) is 17.0. The number of esters is 1. The number of piperidine rings is 1. The highest BCUT2D eigenvalue weighted by molar-refractivity contribution is 5.89. The standard InChI is InChI=1S/C23H26N4O3/c1-29-19-9-7-17(8-10-19)12-14-27-16-21(25-26-27)20-11-13-24-15-22(20)30-23(28)18-5-3-2-4-6-18/h2-10,16,20,22,24H,11-15H2,1H3/t20-,22+/m1/s1. The van der Waals surface area contributed by atoms with Gasteiger partial charge in [0.1, 0.15) is 11.9 Å². The number of ether oxygens (including phenoxy) is 2. The zero-order valence-electron chi connectivity index (χ0n) is 17.0. The minimum atomic E-state index is -0.304. The van der Waals surface area contributed by atoms with Gasteiger partial charge in [-0.1, -0.05) is 35.5 Å². The Bertz CT molecular complexity index is 956. The van der Waals surface area contributed by atoms with Crippen molar-refractivity contribution in [3.63, 3.8) is 0 Å². The summed E-state index contributed by atoms with van der Waals surface area (Å²) in [5.74, 6) is 0.582. The van der Waals surface area contributed by atoms with Gasteiger partial charge in [-0.2, -0.15) is 0 Å². The Morgan fingerprint density at radius 2 is 1.97 bits per heavy atom. The van der Waals surface area contributed by atoms with Crippen LogP contribution in [0.15, 0.2) is 60.8 Å². The number of carbonyl (C=O) groups is 1. The van der Waals surface area contributed by atoms with Crippen LogP contribution in [0.4, 0.5) is 0 Å². The fourth-order valence-corrected chi connectivity index (χ4v) is 3.70. The first-order valence-electron chi connectivity index (χ1n) is 10.2. The molecule has 7 nitrogen and oxygen atoms in total. The van der Waals surface area contributed by atoms with Crippen molar-refractivity contribution in [1.29, 1.82) is 0 Å². The van der Waals surface area contributed by atoms with Crippen LogP contribution in [0.5, 0.6) is 5.75 Å². The normalized spacial score (nSPS) is 18.7. The second-order valence-electron chi connectivity index (χ2n) is 7.41. The molecule has 2 atom stereocenters. The van der Waals surface area contributed by atoms with Gasteiger partial charge in [0.2, 0.25) is 0 Å². The summed E-state index contributed by atoms with van der Waals surface area (Å²) in [5.41, 5.74) is 2.64. The summed E-state index contributed by atoms with van der Waals surface area (Å²) >= 11 is 0. The molecule has 30 heavy (non-hydrogen) atoms.